The summed E-state index contributed by atoms with van der Waals surface area (Å²) < 4.78 is 1.86. The summed E-state index contributed by atoms with van der Waals surface area (Å²) in [5.74, 6) is 0.853. The first-order valence-corrected chi connectivity index (χ1v) is 8.63. The van der Waals surface area contributed by atoms with Gasteiger partial charge in [0.2, 0.25) is 0 Å². The molecule has 1 aromatic heterocycles. The molecule has 1 atom stereocenters. The second-order valence-corrected chi connectivity index (χ2v) is 7.49. The minimum Gasteiger partial charge on any atom is -0.287 e. The minimum atomic E-state index is 0.0243. The van der Waals surface area contributed by atoms with Crippen LogP contribution in [0.25, 0.3) is 5.69 Å². The van der Waals surface area contributed by atoms with Gasteiger partial charge in [0.05, 0.1) is 11.7 Å². The van der Waals surface area contributed by atoms with E-state index in [4.69, 9.17) is 0 Å². The number of fused-ring (bicyclic) bond motifs is 1. The number of hydrogen-bond donors (Lipinski definition) is 0. The lowest BCUT2D eigenvalue weighted by Gasteiger charge is -2.45. The molecule has 0 saturated heterocycles. The Morgan fingerprint density at radius 3 is 2.52 bits per heavy atom. The molecule has 2 aromatic carbocycles. The van der Waals surface area contributed by atoms with Crippen LogP contribution in [0.5, 0.6) is 0 Å². The Labute approximate surface area is 148 Å². The van der Waals surface area contributed by atoms with E-state index in [-0.39, 0.29) is 11.6 Å². The molecule has 128 valence electrons. The average Bonchev–Trinajstić information content (AvgIpc) is 3.05. The molecular formula is C20H23N5. The van der Waals surface area contributed by atoms with Gasteiger partial charge in [0.1, 0.15) is 0 Å². The highest BCUT2D eigenvalue weighted by Gasteiger charge is 2.40. The Hall–Kier alpha value is -2.53. The molecule has 0 saturated carbocycles. The van der Waals surface area contributed by atoms with Crippen molar-refractivity contribution in [3.8, 4) is 5.69 Å². The van der Waals surface area contributed by atoms with E-state index < -0.39 is 0 Å². The summed E-state index contributed by atoms with van der Waals surface area (Å²) in [6, 6.07) is 16.9. The number of likely N-dealkylation sites (N-methyl/N-ethyl adjacent to an activating group) is 1. The molecule has 0 N–H and O–H groups in total. The van der Waals surface area contributed by atoms with Gasteiger partial charge in [-0.1, -0.05) is 42.0 Å². The average molecular weight is 333 g/mol. The van der Waals surface area contributed by atoms with Crippen LogP contribution in [-0.2, 0) is 6.42 Å². The highest BCUT2D eigenvalue weighted by atomic mass is 15.6. The third kappa shape index (κ3) is 2.65. The maximum Gasteiger partial charge on any atom is 0.178 e. The molecule has 1 unspecified atom stereocenters. The second kappa shape index (κ2) is 5.77. The van der Waals surface area contributed by atoms with Gasteiger partial charge in [-0.25, -0.2) is 0 Å². The Morgan fingerprint density at radius 2 is 1.76 bits per heavy atom. The van der Waals surface area contributed by atoms with Crippen LogP contribution in [0.4, 0.5) is 0 Å². The van der Waals surface area contributed by atoms with E-state index in [0.717, 1.165) is 17.9 Å². The van der Waals surface area contributed by atoms with Gasteiger partial charge >= 0.3 is 0 Å². The number of benzene rings is 2. The number of aryl methyl sites for hydroxylation is 1. The van der Waals surface area contributed by atoms with Crippen molar-refractivity contribution in [3.63, 3.8) is 0 Å². The molecule has 0 radical (unpaired) electrons. The predicted molar refractivity (Wildman–Crippen MR) is 97.7 cm³/mol. The summed E-state index contributed by atoms with van der Waals surface area (Å²) in [4.78, 5) is 2.38. The lowest BCUT2D eigenvalue weighted by atomic mass is 9.81. The fourth-order valence-corrected chi connectivity index (χ4v) is 3.66. The zero-order chi connectivity index (χ0) is 17.6. The van der Waals surface area contributed by atoms with E-state index >= 15 is 0 Å². The van der Waals surface area contributed by atoms with Crippen molar-refractivity contribution in [2.24, 2.45) is 0 Å². The van der Waals surface area contributed by atoms with Crippen molar-refractivity contribution in [2.75, 3.05) is 7.05 Å². The van der Waals surface area contributed by atoms with E-state index in [1.54, 1.807) is 0 Å². The van der Waals surface area contributed by atoms with Crippen LogP contribution < -0.4 is 0 Å². The van der Waals surface area contributed by atoms with Gasteiger partial charge < -0.3 is 0 Å². The smallest absolute Gasteiger partial charge is 0.178 e. The first kappa shape index (κ1) is 16.0. The van der Waals surface area contributed by atoms with Crippen molar-refractivity contribution in [1.82, 2.24) is 25.1 Å². The molecule has 2 heterocycles. The maximum absolute atomic E-state index is 4.41. The molecule has 5 nitrogen and oxygen atoms in total. The molecule has 0 aliphatic carbocycles. The number of hydrogen-bond acceptors (Lipinski definition) is 4. The first-order chi connectivity index (χ1) is 12.0. The number of rotatable bonds is 2. The minimum absolute atomic E-state index is 0.0243. The summed E-state index contributed by atoms with van der Waals surface area (Å²) in [7, 11) is 2.16. The van der Waals surface area contributed by atoms with Crippen LogP contribution in [0.15, 0.2) is 48.5 Å². The highest BCUT2D eigenvalue weighted by molar-refractivity contribution is 5.40. The fourth-order valence-electron chi connectivity index (χ4n) is 3.66. The maximum atomic E-state index is 4.41. The third-order valence-electron chi connectivity index (χ3n) is 5.33. The van der Waals surface area contributed by atoms with Gasteiger partial charge in [0.25, 0.3) is 0 Å². The lowest BCUT2D eigenvalue weighted by molar-refractivity contribution is 0.0993. The molecule has 0 fully saturated rings. The SMILES string of the molecule is Cc1ccc(-n2nnnc2C2c3ccccc3CC(C)(C)N2C)cc1. The van der Waals surface area contributed by atoms with E-state index in [0.29, 0.717) is 0 Å². The monoisotopic (exact) mass is 333 g/mol. The Morgan fingerprint density at radius 1 is 1.04 bits per heavy atom. The number of tetrazole rings is 1. The number of nitrogens with zero attached hydrogens (tertiary/aromatic N) is 5. The highest BCUT2D eigenvalue weighted by Crippen LogP contribution is 2.40. The van der Waals surface area contributed by atoms with Gasteiger partial charge in [0.15, 0.2) is 5.82 Å². The van der Waals surface area contributed by atoms with Crippen LogP contribution in [0, 0.1) is 6.92 Å². The molecule has 1 aliphatic heterocycles. The van der Waals surface area contributed by atoms with Gasteiger partial charge in [-0.2, -0.15) is 4.68 Å². The van der Waals surface area contributed by atoms with Crippen molar-refractivity contribution < 1.29 is 0 Å². The van der Waals surface area contributed by atoms with Crippen LogP contribution in [0.3, 0.4) is 0 Å². The van der Waals surface area contributed by atoms with E-state index in [1.807, 2.05) is 4.68 Å². The largest absolute Gasteiger partial charge is 0.287 e. The second-order valence-electron chi connectivity index (χ2n) is 7.49. The molecule has 1 aliphatic rings. The van der Waals surface area contributed by atoms with E-state index in [2.05, 4.69) is 96.8 Å². The van der Waals surface area contributed by atoms with Crippen molar-refractivity contribution >= 4 is 0 Å². The van der Waals surface area contributed by atoms with Gasteiger partial charge in [-0.3, -0.25) is 4.90 Å². The summed E-state index contributed by atoms with van der Waals surface area (Å²) in [6.45, 7) is 6.63. The first-order valence-electron chi connectivity index (χ1n) is 8.63. The standard InChI is InChI=1S/C20H23N5/c1-14-9-11-16(12-10-14)25-19(21-22-23-25)18-17-8-6-5-7-15(17)13-20(2,3)24(18)4/h5-12,18H,13H2,1-4H3. The topological polar surface area (TPSA) is 46.8 Å². The van der Waals surface area contributed by atoms with E-state index in [1.165, 1.54) is 16.7 Å². The Balaban J connectivity index is 1.87. The normalized spacial score (nSPS) is 19.6. The summed E-state index contributed by atoms with van der Waals surface area (Å²) in [5, 5.41) is 12.7. The van der Waals surface area contributed by atoms with Crippen LogP contribution >= 0.6 is 0 Å². The Bertz CT molecular complexity index is 894. The molecule has 3 aromatic rings. The summed E-state index contributed by atoms with van der Waals surface area (Å²) in [5.41, 5.74) is 4.89. The summed E-state index contributed by atoms with van der Waals surface area (Å²) in [6.07, 6.45) is 1.02. The molecule has 25 heavy (non-hydrogen) atoms. The van der Waals surface area contributed by atoms with Gasteiger partial charge in [0, 0.05) is 5.54 Å². The van der Waals surface area contributed by atoms with Crippen molar-refractivity contribution in [3.05, 3.63) is 71.0 Å². The Kier molecular flexibility index (Phi) is 3.69. The summed E-state index contributed by atoms with van der Waals surface area (Å²) >= 11 is 0. The van der Waals surface area contributed by atoms with E-state index in [9.17, 15) is 0 Å². The fraction of sp³-hybridized carbons (Fsp3) is 0.350. The van der Waals surface area contributed by atoms with Gasteiger partial charge in [-0.05, 0) is 67.9 Å². The van der Waals surface area contributed by atoms with Crippen LogP contribution in [0.1, 0.15) is 42.4 Å². The van der Waals surface area contributed by atoms with Crippen LogP contribution in [-0.4, -0.2) is 37.7 Å². The predicted octanol–water partition coefficient (Wildman–Crippen LogP) is 3.33. The number of aromatic nitrogens is 4. The molecule has 0 bridgehead atoms. The molecule has 0 spiro atoms. The lowest BCUT2D eigenvalue weighted by Crippen LogP contribution is -2.49. The zero-order valence-electron chi connectivity index (χ0n) is 15.1. The molecule has 0 amide bonds. The van der Waals surface area contributed by atoms with Crippen molar-refractivity contribution in [1.29, 1.82) is 0 Å². The zero-order valence-corrected chi connectivity index (χ0v) is 15.1. The molecule has 5 heteroatoms. The van der Waals surface area contributed by atoms with Crippen LogP contribution in [0.2, 0.25) is 0 Å². The quantitative estimate of drug-likeness (QED) is 0.722. The third-order valence-corrected chi connectivity index (χ3v) is 5.33. The molecular weight excluding hydrogens is 310 g/mol. The van der Waals surface area contributed by atoms with Gasteiger partial charge in [-0.15, -0.1) is 5.10 Å². The molecule has 4 rings (SSSR count). The van der Waals surface area contributed by atoms with Crippen molar-refractivity contribution in [2.45, 2.75) is 38.8 Å².